The van der Waals surface area contributed by atoms with Gasteiger partial charge in [-0.3, -0.25) is 9.59 Å². The topological polar surface area (TPSA) is 46.2 Å². The van der Waals surface area contributed by atoms with Crippen LogP contribution in [-0.4, -0.2) is 0 Å². The highest BCUT2D eigenvalue weighted by molar-refractivity contribution is 5.82. The molecule has 0 aliphatic heterocycles. The van der Waals surface area contributed by atoms with E-state index in [0.29, 0.717) is 11.3 Å². The van der Waals surface area contributed by atoms with E-state index in [2.05, 4.69) is 17.4 Å². The number of fused-ring (bicyclic) bond motifs is 1. The standard InChI is InChI=1S/C20H17NO2/c22-19-17(14-8-2-1-3-9-14)18(20(19)23)21-16-12-6-10-13-7-4-5-11-15(13)16/h1-5,7-9,11,16,21H,6,10,12H2/t16-/m1/s1. The van der Waals surface area contributed by atoms with Gasteiger partial charge in [-0.25, -0.2) is 0 Å². The summed E-state index contributed by atoms with van der Waals surface area (Å²) in [6.45, 7) is 0. The molecule has 0 bridgehead atoms. The number of rotatable bonds is 3. The van der Waals surface area contributed by atoms with Crippen molar-refractivity contribution in [2.24, 2.45) is 0 Å². The first-order valence-electron chi connectivity index (χ1n) is 7.99. The van der Waals surface area contributed by atoms with E-state index in [4.69, 9.17) is 0 Å². The fourth-order valence-electron chi connectivity index (χ4n) is 3.49. The lowest BCUT2D eigenvalue weighted by Gasteiger charge is -2.28. The highest BCUT2D eigenvalue weighted by Crippen LogP contribution is 2.34. The molecule has 0 saturated heterocycles. The van der Waals surface area contributed by atoms with Crippen LogP contribution in [0.15, 0.2) is 64.2 Å². The molecule has 0 saturated carbocycles. The van der Waals surface area contributed by atoms with Gasteiger partial charge < -0.3 is 5.32 Å². The highest BCUT2D eigenvalue weighted by atomic mass is 16.2. The first-order chi connectivity index (χ1) is 11.3. The van der Waals surface area contributed by atoms with Crippen LogP contribution >= 0.6 is 0 Å². The van der Waals surface area contributed by atoms with Crippen LogP contribution < -0.4 is 16.2 Å². The van der Waals surface area contributed by atoms with Crippen LogP contribution in [0.25, 0.3) is 11.1 Å². The summed E-state index contributed by atoms with van der Waals surface area (Å²) in [6.07, 6.45) is 3.14. The van der Waals surface area contributed by atoms with Gasteiger partial charge in [-0.2, -0.15) is 0 Å². The molecule has 4 rings (SSSR count). The Kier molecular flexibility index (Phi) is 3.34. The molecule has 1 aliphatic carbocycles. The summed E-state index contributed by atoms with van der Waals surface area (Å²) >= 11 is 0. The Morgan fingerprint density at radius 2 is 1.61 bits per heavy atom. The van der Waals surface area contributed by atoms with Gasteiger partial charge in [0.2, 0.25) is 10.9 Å². The molecule has 23 heavy (non-hydrogen) atoms. The van der Waals surface area contributed by atoms with Crippen molar-refractivity contribution >= 4 is 5.69 Å². The van der Waals surface area contributed by atoms with Crippen LogP contribution in [0.4, 0.5) is 5.69 Å². The summed E-state index contributed by atoms with van der Waals surface area (Å²) < 4.78 is 0. The molecule has 0 radical (unpaired) electrons. The Morgan fingerprint density at radius 3 is 2.43 bits per heavy atom. The van der Waals surface area contributed by atoms with Gasteiger partial charge in [0.1, 0.15) is 0 Å². The van der Waals surface area contributed by atoms with Crippen LogP contribution in [0.2, 0.25) is 0 Å². The van der Waals surface area contributed by atoms with Crippen LogP contribution in [0, 0.1) is 0 Å². The number of hydrogen-bond acceptors (Lipinski definition) is 3. The minimum Gasteiger partial charge on any atom is -0.374 e. The average Bonchev–Trinajstić information content (AvgIpc) is 2.62. The summed E-state index contributed by atoms with van der Waals surface area (Å²) in [6, 6.07) is 17.8. The zero-order valence-electron chi connectivity index (χ0n) is 12.7. The summed E-state index contributed by atoms with van der Waals surface area (Å²) in [5.74, 6) is 0. The third kappa shape index (κ3) is 2.29. The van der Waals surface area contributed by atoms with E-state index in [0.717, 1.165) is 24.8 Å². The molecule has 1 atom stereocenters. The number of nitrogens with one attached hydrogen (secondary N) is 1. The van der Waals surface area contributed by atoms with E-state index in [-0.39, 0.29) is 11.5 Å². The number of benzene rings is 2. The normalized spacial score (nSPS) is 17.0. The zero-order chi connectivity index (χ0) is 15.8. The molecule has 3 aromatic rings. The van der Waals surface area contributed by atoms with Gasteiger partial charge in [0, 0.05) is 0 Å². The van der Waals surface area contributed by atoms with Gasteiger partial charge in [0.15, 0.2) is 0 Å². The second-order valence-electron chi connectivity index (χ2n) is 6.06. The SMILES string of the molecule is O=c1c(N[C@@H]2CCCc3ccccc32)c(-c2ccccc2)c1=O. The molecular weight excluding hydrogens is 286 g/mol. The third-order valence-electron chi connectivity index (χ3n) is 4.66. The van der Waals surface area contributed by atoms with Crippen molar-refractivity contribution in [1.82, 2.24) is 0 Å². The van der Waals surface area contributed by atoms with Gasteiger partial charge in [0.05, 0.1) is 17.3 Å². The van der Waals surface area contributed by atoms with E-state index in [1.807, 2.05) is 42.5 Å². The van der Waals surface area contributed by atoms with Gasteiger partial charge in [-0.1, -0.05) is 54.6 Å². The van der Waals surface area contributed by atoms with Gasteiger partial charge >= 0.3 is 0 Å². The molecule has 3 aromatic carbocycles. The van der Waals surface area contributed by atoms with Crippen LogP contribution in [0.3, 0.4) is 0 Å². The molecule has 1 N–H and O–H groups in total. The lowest BCUT2D eigenvalue weighted by molar-refractivity contribution is 0.599. The number of anilines is 1. The Balaban J connectivity index is 1.71. The van der Waals surface area contributed by atoms with E-state index >= 15 is 0 Å². The fourth-order valence-corrected chi connectivity index (χ4v) is 3.49. The molecular formula is C20H17NO2. The second kappa shape index (κ2) is 5.51. The monoisotopic (exact) mass is 303 g/mol. The van der Waals surface area contributed by atoms with Crippen molar-refractivity contribution in [3.8, 4) is 11.1 Å². The quantitative estimate of drug-likeness (QED) is 0.754. The van der Waals surface area contributed by atoms with Crippen molar-refractivity contribution in [2.45, 2.75) is 25.3 Å². The maximum absolute atomic E-state index is 12.1. The van der Waals surface area contributed by atoms with Crippen LogP contribution in [-0.2, 0) is 6.42 Å². The minimum absolute atomic E-state index is 0.103. The fraction of sp³-hybridized carbons (Fsp3) is 0.200. The maximum Gasteiger partial charge on any atom is 0.250 e. The van der Waals surface area contributed by atoms with Crippen molar-refractivity contribution in [3.05, 3.63) is 86.2 Å². The predicted molar refractivity (Wildman–Crippen MR) is 92.5 cm³/mol. The Bertz CT molecular complexity index is 920. The van der Waals surface area contributed by atoms with Crippen molar-refractivity contribution in [2.75, 3.05) is 5.32 Å². The van der Waals surface area contributed by atoms with E-state index in [1.54, 1.807) is 0 Å². The molecule has 114 valence electrons. The Labute approximate surface area is 134 Å². The molecule has 0 aromatic heterocycles. The summed E-state index contributed by atoms with van der Waals surface area (Å²) in [5, 5.41) is 3.35. The molecule has 0 unspecified atom stereocenters. The predicted octanol–water partition coefficient (Wildman–Crippen LogP) is 3.44. The summed E-state index contributed by atoms with van der Waals surface area (Å²) in [7, 11) is 0. The molecule has 0 fully saturated rings. The number of aryl methyl sites for hydroxylation is 1. The van der Waals surface area contributed by atoms with E-state index in [1.165, 1.54) is 11.1 Å². The molecule has 0 heterocycles. The average molecular weight is 303 g/mol. The Morgan fingerprint density at radius 1 is 0.870 bits per heavy atom. The lowest BCUT2D eigenvalue weighted by atomic mass is 9.87. The van der Waals surface area contributed by atoms with Crippen molar-refractivity contribution in [3.63, 3.8) is 0 Å². The van der Waals surface area contributed by atoms with Crippen LogP contribution in [0.1, 0.15) is 30.0 Å². The van der Waals surface area contributed by atoms with Crippen molar-refractivity contribution < 1.29 is 0 Å². The first kappa shape index (κ1) is 13.9. The first-order valence-corrected chi connectivity index (χ1v) is 7.99. The molecule has 1 aliphatic rings. The lowest BCUT2D eigenvalue weighted by Crippen LogP contribution is -2.37. The molecule has 3 heteroatoms. The van der Waals surface area contributed by atoms with Gasteiger partial charge in [-0.05, 0) is 36.0 Å². The smallest absolute Gasteiger partial charge is 0.250 e. The van der Waals surface area contributed by atoms with Gasteiger partial charge in [0.25, 0.3) is 0 Å². The maximum atomic E-state index is 12.1. The van der Waals surface area contributed by atoms with Gasteiger partial charge in [-0.15, -0.1) is 0 Å². The summed E-state index contributed by atoms with van der Waals surface area (Å²) in [5.41, 5.74) is 3.60. The summed E-state index contributed by atoms with van der Waals surface area (Å²) in [4.78, 5) is 24.1. The third-order valence-corrected chi connectivity index (χ3v) is 4.66. The number of hydrogen-bond donors (Lipinski definition) is 1. The van der Waals surface area contributed by atoms with E-state index < -0.39 is 5.43 Å². The van der Waals surface area contributed by atoms with E-state index in [9.17, 15) is 9.59 Å². The zero-order valence-corrected chi connectivity index (χ0v) is 12.7. The molecule has 3 nitrogen and oxygen atoms in total. The molecule has 0 amide bonds. The molecule has 0 spiro atoms. The second-order valence-corrected chi connectivity index (χ2v) is 6.06. The Hall–Kier alpha value is -2.68. The van der Waals surface area contributed by atoms with Crippen molar-refractivity contribution in [1.29, 1.82) is 0 Å². The largest absolute Gasteiger partial charge is 0.374 e. The minimum atomic E-state index is -0.396. The highest BCUT2D eigenvalue weighted by Gasteiger charge is 2.27. The van der Waals surface area contributed by atoms with Crippen LogP contribution in [0.5, 0.6) is 0 Å².